The van der Waals surface area contributed by atoms with Gasteiger partial charge in [0, 0.05) is 12.6 Å². The minimum Gasteiger partial charge on any atom is -0.292 e. The van der Waals surface area contributed by atoms with Gasteiger partial charge >= 0.3 is 0 Å². The molecule has 0 atom stereocenters. The maximum absolute atomic E-state index is 4.19. The third-order valence-corrected chi connectivity index (χ3v) is 1.82. The fraction of sp³-hybridized carbons (Fsp3) is 0.222. The zero-order valence-corrected chi connectivity index (χ0v) is 6.97. The van der Waals surface area contributed by atoms with Gasteiger partial charge in [-0.15, -0.1) is 12.4 Å². The summed E-state index contributed by atoms with van der Waals surface area (Å²) in [6.07, 6.45) is 3.00. The second-order valence-corrected chi connectivity index (χ2v) is 2.50. The number of aliphatic imine (C=N–C) groups is 1. The Morgan fingerprint density at radius 2 is 1.82 bits per heavy atom. The van der Waals surface area contributed by atoms with Crippen molar-refractivity contribution in [3.05, 3.63) is 35.4 Å². The molecular weight excluding hydrogens is 158 g/mol. The van der Waals surface area contributed by atoms with Crippen molar-refractivity contribution in [1.29, 1.82) is 0 Å². The van der Waals surface area contributed by atoms with Gasteiger partial charge in [0.1, 0.15) is 0 Å². The van der Waals surface area contributed by atoms with E-state index in [2.05, 4.69) is 29.3 Å². The van der Waals surface area contributed by atoms with Crippen LogP contribution < -0.4 is 0 Å². The summed E-state index contributed by atoms with van der Waals surface area (Å²) < 4.78 is 0. The fourth-order valence-electron chi connectivity index (χ4n) is 1.24. The van der Waals surface area contributed by atoms with Crippen LogP contribution in [-0.2, 0) is 13.0 Å². The molecule has 2 heteroatoms. The number of fused-ring (bicyclic) bond motifs is 1. The molecule has 0 aliphatic carbocycles. The number of benzene rings is 1. The summed E-state index contributed by atoms with van der Waals surface area (Å²) in [5.41, 5.74) is 2.81. The molecule has 58 valence electrons. The molecule has 0 saturated heterocycles. The fourth-order valence-corrected chi connectivity index (χ4v) is 1.24. The molecule has 1 heterocycles. The lowest BCUT2D eigenvalue weighted by Crippen LogP contribution is -1.99. The molecule has 1 aliphatic rings. The average molecular weight is 168 g/mol. The normalized spacial score (nSPS) is 13.5. The zero-order valence-electron chi connectivity index (χ0n) is 6.16. The summed E-state index contributed by atoms with van der Waals surface area (Å²) >= 11 is 0. The Bertz CT molecular complexity index is 241. The molecule has 2 rings (SSSR count). The maximum Gasteiger partial charge on any atom is 0.0638 e. The van der Waals surface area contributed by atoms with Crippen LogP contribution in [0.2, 0.25) is 0 Å². The van der Waals surface area contributed by atoms with Crippen molar-refractivity contribution in [1.82, 2.24) is 0 Å². The monoisotopic (exact) mass is 167 g/mol. The van der Waals surface area contributed by atoms with E-state index in [9.17, 15) is 0 Å². The molecule has 0 aromatic heterocycles. The van der Waals surface area contributed by atoms with Crippen LogP contribution in [0, 0.1) is 0 Å². The average Bonchev–Trinajstić information content (AvgIpc) is 2.05. The largest absolute Gasteiger partial charge is 0.292 e. The van der Waals surface area contributed by atoms with Crippen molar-refractivity contribution >= 4 is 18.6 Å². The highest BCUT2D eigenvalue weighted by Crippen LogP contribution is 2.12. The van der Waals surface area contributed by atoms with E-state index >= 15 is 0 Å². The third kappa shape index (κ3) is 1.60. The van der Waals surface area contributed by atoms with Crippen LogP contribution in [-0.4, -0.2) is 6.21 Å². The van der Waals surface area contributed by atoms with Gasteiger partial charge < -0.3 is 0 Å². The van der Waals surface area contributed by atoms with Crippen LogP contribution in [0.4, 0.5) is 0 Å². The van der Waals surface area contributed by atoms with Crippen molar-refractivity contribution in [2.24, 2.45) is 4.99 Å². The highest BCUT2D eigenvalue weighted by molar-refractivity contribution is 5.85. The molecule has 0 radical (unpaired) electrons. The van der Waals surface area contributed by atoms with Gasteiger partial charge in [-0.05, 0) is 11.1 Å². The van der Waals surface area contributed by atoms with Gasteiger partial charge in [0.05, 0.1) is 6.54 Å². The number of hydrogen-bond acceptors (Lipinski definition) is 1. The van der Waals surface area contributed by atoms with E-state index < -0.39 is 0 Å². The van der Waals surface area contributed by atoms with Crippen molar-refractivity contribution in [2.45, 2.75) is 13.0 Å². The van der Waals surface area contributed by atoms with Crippen LogP contribution in [0.25, 0.3) is 0 Å². The highest BCUT2D eigenvalue weighted by atomic mass is 35.5. The Morgan fingerprint density at radius 3 is 2.55 bits per heavy atom. The van der Waals surface area contributed by atoms with E-state index in [0.717, 1.165) is 13.0 Å². The molecule has 0 saturated carbocycles. The molecule has 0 spiro atoms. The quantitative estimate of drug-likeness (QED) is 0.562. The van der Waals surface area contributed by atoms with Crippen LogP contribution in [0.3, 0.4) is 0 Å². The highest BCUT2D eigenvalue weighted by Gasteiger charge is 2.01. The van der Waals surface area contributed by atoms with Crippen LogP contribution in [0.1, 0.15) is 11.1 Å². The van der Waals surface area contributed by atoms with Gasteiger partial charge in [-0.25, -0.2) is 0 Å². The van der Waals surface area contributed by atoms with Gasteiger partial charge in [0.2, 0.25) is 0 Å². The Hall–Kier alpha value is -0.820. The molecule has 1 aromatic carbocycles. The summed E-state index contributed by atoms with van der Waals surface area (Å²) in [5.74, 6) is 0. The predicted molar refractivity (Wildman–Crippen MR) is 49.6 cm³/mol. The first-order valence-corrected chi connectivity index (χ1v) is 3.52. The molecular formula is C9H10ClN. The topological polar surface area (TPSA) is 12.4 Å². The minimum absolute atomic E-state index is 0. The molecule has 1 aliphatic heterocycles. The first kappa shape index (κ1) is 8.28. The molecule has 11 heavy (non-hydrogen) atoms. The van der Waals surface area contributed by atoms with Crippen molar-refractivity contribution in [2.75, 3.05) is 0 Å². The Morgan fingerprint density at radius 1 is 1.09 bits per heavy atom. The molecule has 0 N–H and O–H groups in total. The number of hydrogen-bond donors (Lipinski definition) is 0. The number of halogens is 1. The van der Waals surface area contributed by atoms with Crippen molar-refractivity contribution < 1.29 is 0 Å². The summed E-state index contributed by atoms with van der Waals surface area (Å²) in [4.78, 5) is 4.19. The Labute approximate surface area is 72.6 Å². The summed E-state index contributed by atoms with van der Waals surface area (Å²) in [7, 11) is 0. The lowest BCUT2D eigenvalue weighted by atomic mass is 10.0. The lowest BCUT2D eigenvalue weighted by molar-refractivity contribution is 1.00. The van der Waals surface area contributed by atoms with E-state index in [-0.39, 0.29) is 12.4 Å². The molecule has 0 amide bonds. The smallest absolute Gasteiger partial charge is 0.0638 e. The van der Waals surface area contributed by atoms with E-state index in [0.29, 0.717) is 0 Å². The van der Waals surface area contributed by atoms with Crippen molar-refractivity contribution in [3.8, 4) is 0 Å². The summed E-state index contributed by atoms with van der Waals surface area (Å²) in [6, 6.07) is 8.46. The first-order chi connectivity index (χ1) is 4.97. The van der Waals surface area contributed by atoms with Crippen molar-refractivity contribution in [3.63, 3.8) is 0 Å². The number of rotatable bonds is 0. The Kier molecular flexibility index (Phi) is 2.66. The lowest BCUT2D eigenvalue weighted by Gasteiger charge is -2.08. The first-order valence-electron chi connectivity index (χ1n) is 3.52. The van der Waals surface area contributed by atoms with Gasteiger partial charge in [-0.2, -0.15) is 0 Å². The van der Waals surface area contributed by atoms with Gasteiger partial charge in [0.15, 0.2) is 0 Å². The second kappa shape index (κ2) is 3.54. The van der Waals surface area contributed by atoms with Crippen LogP contribution in [0.15, 0.2) is 29.3 Å². The second-order valence-electron chi connectivity index (χ2n) is 2.50. The summed E-state index contributed by atoms with van der Waals surface area (Å²) in [5, 5.41) is 0. The predicted octanol–water partition coefficient (Wildman–Crippen LogP) is 2.24. The molecule has 1 aromatic rings. The molecule has 0 unspecified atom stereocenters. The maximum atomic E-state index is 4.19. The molecule has 0 bridgehead atoms. The minimum atomic E-state index is 0. The van der Waals surface area contributed by atoms with E-state index in [4.69, 9.17) is 0 Å². The van der Waals surface area contributed by atoms with Gasteiger partial charge in [0.25, 0.3) is 0 Å². The SMILES string of the molecule is C1=NCc2ccccc2C1.Cl. The van der Waals surface area contributed by atoms with E-state index in [1.165, 1.54) is 11.1 Å². The Balaban J connectivity index is 0.000000605. The van der Waals surface area contributed by atoms with Crippen LogP contribution >= 0.6 is 12.4 Å². The van der Waals surface area contributed by atoms with Gasteiger partial charge in [-0.3, -0.25) is 4.99 Å². The third-order valence-electron chi connectivity index (χ3n) is 1.82. The van der Waals surface area contributed by atoms with Crippen LogP contribution in [0.5, 0.6) is 0 Å². The van der Waals surface area contributed by atoms with Gasteiger partial charge in [-0.1, -0.05) is 24.3 Å². The molecule has 0 fully saturated rings. The number of nitrogens with zero attached hydrogens (tertiary/aromatic N) is 1. The molecule has 1 nitrogen and oxygen atoms in total. The summed E-state index contributed by atoms with van der Waals surface area (Å²) in [6.45, 7) is 0.871. The standard InChI is InChI=1S/C9H9N.ClH/c1-2-4-9-7-10-6-5-8(9)3-1;/h1-4,6H,5,7H2;1H. The van der Waals surface area contributed by atoms with E-state index in [1.807, 2.05) is 6.21 Å². The zero-order chi connectivity index (χ0) is 6.81. The van der Waals surface area contributed by atoms with E-state index in [1.54, 1.807) is 0 Å².